The van der Waals surface area contributed by atoms with E-state index in [0.717, 1.165) is 30.8 Å². The number of fused-ring (bicyclic) bond motifs is 1. The van der Waals surface area contributed by atoms with Crippen molar-refractivity contribution in [3.63, 3.8) is 0 Å². The van der Waals surface area contributed by atoms with Gasteiger partial charge in [-0.25, -0.2) is 0 Å². The van der Waals surface area contributed by atoms with Crippen molar-refractivity contribution in [3.8, 4) is 5.75 Å². The van der Waals surface area contributed by atoms with E-state index in [1.807, 2.05) is 6.07 Å². The summed E-state index contributed by atoms with van der Waals surface area (Å²) in [6.45, 7) is 4.64. The Morgan fingerprint density at radius 2 is 2.03 bits per heavy atom. The van der Waals surface area contributed by atoms with E-state index in [1.54, 1.807) is 6.07 Å². The highest BCUT2D eigenvalue weighted by Crippen LogP contribution is 2.34. The first kappa shape index (κ1) is 20.2. The van der Waals surface area contributed by atoms with Crippen molar-refractivity contribution in [3.05, 3.63) is 62.9 Å². The Morgan fingerprint density at radius 1 is 1.24 bits per heavy atom. The Hall–Kier alpha value is -2.08. The Bertz CT molecular complexity index is 984. The molecule has 0 spiro atoms. The molecule has 1 aliphatic heterocycles. The van der Waals surface area contributed by atoms with E-state index in [1.165, 1.54) is 28.5 Å². The number of carbonyl (C=O) groups is 1. The molecule has 1 N–H and O–H groups in total. The maximum atomic E-state index is 11.0. The molecule has 2 aromatic rings. The average molecular weight is 433 g/mol. The van der Waals surface area contributed by atoms with Crippen LogP contribution < -0.4 is 4.74 Å². The smallest absolute Gasteiger partial charge is 0.309 e. The molecular formula is C22H22Cl2N2O3. The molecule has 0 unspecified atom stereocenters. The van der Waals surface area contributed by atoms with Crippen molar-refractivity contribution < 1.29 is 14.6 Å². The van der Waals surface area contributed by atoms with Gasteiger partial charge >= 0.3 is 5.97 Å². The molecule has 1 aliphatic carbocycles. The van der Waals surface area contributed by atoms with Crippen LogP contribution in [0.1, 0.15) is 30.2 Å². The van der Waals surface area contributed by atoms with Gasteiger partial charge in [0.15, 0.2) is 0 Å². The predicted molar refractivity (Wildman–Crippen MR) is 114 cm³/mol. The number of aryl methyl sites for hydroxylation is 1. The minimum absolute atomic E-state index is 0.212. The zero-order valence-electron chi connectivity index (χ0n) is 16.1. The highest BCUT2D eigenvalue weighted by molar-refractivity contribution is 6.41. The van der Waals surface area contributed by atoms with E-state index < -0.39 is 5.97 Å². The number of likely N-dealkylation sites (tertiary alicyclic amines) is 1. The molecule has 2 aliphatic rings. The Labute approximate surface area is 179 Å². The van der Waals surface area contributed by atoms with Gasteiger partial charge in [-0.15, -0.1) is 0 Å². The maximum Gasteiger partial charge on any atom is 0.309 e. The van der Waals surface area contributed by atoms with E-state index in [-0.39, 0.29) is 5.92 Å². The lowest BCUT2D eigenvalue weighted by atomic mass is 9.85. The van der Waals surface area contributed by atoms with Gasteiger partial charge in [-0.05, 0) is 54.7 Å². The topological polar surface area (TPSA) is 62.7 Å². The van der Waals surface area contributed by atoms with Gasteiger partial charge in [-0.2, -0.15) is 0 Å². The first-order valence-electron chi connectivity index (χ1n) is 9.60. The van der Waals surface area contributed by atoms with Crippen LogP contribution in [0.2, 0.25) is 10.0 Å². The molecule has 0 saturated carbocycles. The molecule has 1 aromatic carbocycles. The molecule has 0 amide bonds. The normalized spacial score (nSPS) is 17.1. The van der Waals surface area contributed by atoms with Gasteiger partial charge in [0, 0.05) is 25.8 Å². The summed E-state index contributed by atoms with van der Waals surface area (Å²) in [5.74, 6) is -0.0963. The second kappa shape index (κ2) is 8.34. The number of aliphatic carboxylic acids is 1. The van der Waals surface area contributed by atoms with Crippen LogP contribution in [0, 0.1) is 5.92 Å². The number of aromatic nitrogens is 1. The first-order valence-corrected chi connectivity index (χ1v) is 10.4. The monoisotopic (exact) mass is 432 g/mol. The lowest BCUT2D eigenvalue weighted by Crippen LogP contribution is -2.50. The molecule has 152 valence electrons. The van der Waals surface area contributed by atoms with Gasteiger partial charge in [-0.3, -0.25) is 14.7 Å². The maximum absolute atomic E-state index is 11.0. The molecule has 0 bridgehead atoms. The zero-order valence-corrected chi connectivity index (χ0v) is 17.6. The molecule has 2 heterocycles. The van der Waals surface area contributed by atoms with E-state index in [4.69, 9.17) is 33.0 Å². The second-order valence-electron chi connectivity index (χ2n) is 7.66. The number of benzene rings is 1. The fourth-order valence-corrected chi connectivity index (χ4v) is 4.19. The van der Waals surface area contributed by atoms with Gasteiger partial charge in [-0.1, -0.05) is 34.8 Å². The average Bonchev–Trinajstić information content (AvgIpc) is 2.66. The number of nitrogens with zero attached hydrogens (tertiary/aromatic N) is 2. The molecule has 0 atom stereocenters. The number of halogens is 2. The number of ether oxygens (including phenoxy) is 1. The van der Waals surface area contributed by atoms with Crippen LogP contribution in [0.3, 0.4) is 0 Å². The number of allylic oxidation sites excluding steroid dienone is 1. The number of rotatable bonds is 6. The third-order valence-electron chi connectivity index (χ3n) is 5.68. The standard InChI is InChI=1S/C22H22Cl2N2O3/c1-13-15(9-26-10-16(11-26)22(27)28)3-2-14-6-18(4-5-19(13)14)29-12-17-7-20(23)21(24)8-25-17/h4-8,16H,2-3,9-12H2,1H3,(H,27,28). The summed E-state index contributed by atoms with van der Waals surface area (Å²) in [4.78, 5) is 17.4. The van der Waals surface area contributed by atoms with E-state index >= 15 is 0 Å². The predicted octanol–water partition coefficient (Wildman–Crippen LogP) is 4.70. The van der Waals surface area contributed by atoms with Crippen molar-refractivity contribution in [2.45, 2.75) is 26.4 Å². The Kier molecular flexibility index (Phi) is 5.81. The number of carboxylic acids is 1. The summed E-state index contributed by atoms with van der Waals surface area (Å²) >= 11 is 11.9. The summed E-state index contributed by atoms with van der Waals surface area (Å²) in [5.41, 5.74) is 5.95. The minimum Gasteiger partial charge on any atom is -0.487 e. The van der Waals surface area contributed by atoms with Crippen LogP contribution >= 0.6 is 23.2 Å². The molecule has 1 aromatic heterocycles. The number of hydrogen-bond acceptors (Lipinski definition) is 4. The molecule has 5 nitrogen and oxygen atoms in total. The highest BCUT2D eigenvalue weighted by atomic mass is 35.5. The van der Waals surface area contributed by atoms with E-state index in [0.29, 0.717) is 29.7 Å². The van der Waals surface area contributed by atoms with Crippen molar-refractivity contribution in [2.24, 2.45) is 5.92 Å². The highest BCUT2D eigenvalue weighted by Gasteiger charge is 2.33. The van der Waals surface area contributed by atoms with E-state index in [9.17, 15) is 4.79 Å². The first-order chi connectivity index (χ1) is 13.9. The van der Waals surface area contributed by atoms with Gasteiger partial charge in [0.25, 0.3) is 0 Å². The summed E-state index contributed by atoms with van der Waals surface area (Å²) in [5, 5.41) is 9.94. The number of pyridine rings is 1. The molecular weight excluding hydrogens is 411 g/mol. The van der Waals surface area contributed by atoms with Crippen molar-refractivity contribution in [2.75, 3.05) is 19.6 Å². The Morgan fingerprint density at radius 3 is 2.76 bits per heavy atom. The van der Waals surface area contributed by atoms with Gasteiger partial charge in [0.2, 0.25) is 0 Å². The quantitative estimate of drug-likeness (QED) is 0.716. The number of hydrogen-bond donors (Lipinski definition) is 1. The third kappa shape index (κ3) is 4.42. The van der Waals surface area contributed by atoms with Crippen LogP contribution in [0.15, 0.2) is 36.0 Å². The molecule has 7 heteroatoms. The molecule has 1 saturated heterocycles. The van der Waals surface area contributed by atoms with Crippen LogP contribution in [0.5, 0.6) is 5.75 Å². The van der Waals surface area contributed by atoms with Crippen LogP contribution in [-0.4, -0.2) is 40.6 Å². The molecule has 29 heavy (non-hydrogen) atoms. The van der Waals surface area contributed by atoms with Crippen LogP contribution in [0.4, 0.5) is 0 Å². The molecule has 0 radical (unpaired) electrons. The van der Waals surface area contributed by atoms with Crippen molar-refractivity contribution >= 4 is 34.7 Å². The minimum atomic E-state index is -0.690. The molecule has 4 rings (SSSR count). The fourth-order valence-electron chi connectivity index (χ4n) is 3.91. The number of carboxylic acid groups (broad SMARTS) is 1. The third-order valence-corrected chi connectivity index (χ3v) is 6.39. The van der Waals surface area contributed by atoms with Crippen molar-refractivity contribution in [1.82, 2.24) is 9.88 Å². The van der Waals surface area contributed by atoms with Gasteiger partial charge in [0.1, 0.15) is 12.4 Å². The van der Waals surface area contributed by atoms with Crippen LogP contribution in [0.25, 0.3) is 5.57 Å². The largest absolute Gasteiger partial charge is 0.487 e. The van der Waals surface area contributed by atoms with Gasteiger partial charge in [0.05, 0.1) is 21.7 Å². The fraction of sp³-hybridized carbons (Fsp3) is 0.364. The van der Waals surface area contributed by atoms with Gasteiger partial charge < -0.3 is 9.84 Å². The molecule has 1 fully saturated rings. The van der Waals surface area contributed by atoms with E-state index in [2.05, 4.69) is 28.9 Å². The summed E-state index contributed by atoms with van der Waals surface area (Å²) in [6, 6.07) is 7.90. The Balaban J connectivity index is 1.41. The van der Waals surface area contributed by atoms with Crippen LogP contribution in [-0.2, 0) is 17.8 Å². The zero-order chi connectivity index (χ0) is 20.5. The summed E-state index contributed by atoms with van der Waals surface area (Å²) in [6.07, 6.45) is 3.48. The lowest BCUT2D eigenvalue weighted by Gasteiger charge is -2.38. The van der Waals surface area contributed by atoms with Crippen molar-refractivity contribution in [1.29, 1.82) is 0 Å². The lowest BCUT2D eigenvalue weighted by molar-refractivity contribution is -0.147. The SMILES string of the molecule is CC1=C(CN2CC(C(=O)O)C2)CCc2cc(OCc3cc(Cl)c(Cl)cn3)ccc21. The summed E-state index contributed by atoms with van der Waals surface area (Å²) in [7, 11) is 0. The summed E-state index contributed by atoms with van der Waals surface area (Å²) < 4.78 is 5.90. The second-order valence-corrected chi connectivity index (χ2v) is 8.47.